The number of piperazine rings is 1. The number of guanidine groups is 1. The fourth-order valence-corrected chi connectivity index (χ4v) is 2.79. The summed E-state index contributed by atoms with van der Waals surface area (Å²) >= 11 is 0. The molecular formula is C17H34IN5O2. The first-order valence-electron chi connectivity index (χ1n) is 9.13. The third-order valence-electron chi connectivity index (χ3n) is 4.28. The van der Waals surface area contributed by atoms with E-state index in [0.717, 1.165) is 57.8 Å². The van der Waals surface area contributed by atoms with Crippen molar-refractivity contribution in [3.63, 3.8) is 0 Å². The summed E-state index contributed by atoms with van der Waals surface area (Å²) in [6.07, 6.45) is 2.66. The Morgan fingerprint density at radius 2 is 1.92 bits per heavy atom. The number of aliphatic imine (C=N–C) groups is 1. The van der Waals surface area contributed by atoms with Crippen molar-refractivity contribution in [3.05, 3.63) is 0 Å². The van der Waals surface area contributed by atoms with Gasteiger partial charge >= 0.3 is 0 Å². The van der Waals surface area contributed by atoms with Crippen LogP contribution in [0.15, 0.2) is 4.99 Å². The highest BCUT2D eigenvalue weighted by Gasteiger charge is 2.22. The van der Waals surface area contributed by atoms with Gasteiger partial charge in [-0.2, -0.15) is 0 Å². The second-order valence-corrected chi connectivity index (χ2v) is 6.98. The van der Waals surface area contributed by atoms with E-state index in [2.05, 4.69) is 25.4 Å². The van der Waals surface area contributed by atoms with Gasteiger partial charge in [-0.15, -0.1) is 24.0 Å². The molecular weight excluding hydrogens is 433 g/mol. The zero-order chi connectivity index (χ0) is 17.4. The van der Waals surface area contributed by atoms with E-state index in [4.69, 9.17) is 4.74 Å². The van der Waals surface area contributed by atoms with E-state index in [1.54, 1.807) is 0 Å². The summed E-state index contributed by atoms with van der Waals surface area (Å²) in [4.78, 5) is 20.6. The van der Waals surface area contributed by atoms with Crippen LogP contribution in [0.4, 0.5) is 0 Å². The Labute approximate surface area is 169 Å². The van der Waals surface area contributed by atoms with Crippen LogP contribution in [-0.2, 0) is 9.53 Å². The first kappa shape index (κ1) is 22.4. The zero-order valence-electron chi connectivity index (χ0n) is 15.8. The van der Waals surface area contributed by atoms with Crippen molar-refractivity contribution in [2.24, 2.45) is 10.9 Å². The molecule has 2 N–H and O–H groups in total. The molecule has 0 aromatic carbocycles. The molecule has 1 heterocycles. The average molecular weight is 467 g/mol. The molecule has 2 aliphatic rings. The van der Waals surface area contributed by atoms with Gasteiger partial charge in [0, 0.05) is 52.4 Å². The van der Waals surface area contributed by atoms with Crippen molar-refractivity contribution < 1.29 is 9.53 Å². The predicted octanol–water partition coefficient (Wildman–Crippen LogP) is 0.749. The maximum atomic E-state index is 11.8. The highest BCUT2D eigenvalue weighted by Crippen LogP contribution is 2.28. The van der Waals surface area contributed by atoms with Crippen LogP contribution >= 0.6 is 24.0 Å². The van der Waals surface area contributed by atoms with Gasteiger partial charge in [-0.3, -0.25) is 14.7 Å². The summed E-state index contributed by atoms with van der Waals surface area (Å²) in [5.41, 5.74) is 0. The second kappa shape index (κ2) is 11.9. The molecule has 0 atom stereocenters. The maximum absolute atomic E-state index is 11.8. The van der Waals surface area contributed by atoms with Gasteiger partial charge in [0.25, 0.3) is 0 Å². The quantitative estimate of drug-likeness (QED) is 0.239. The van der Waals surface area contributed by atoms with Crippen LogP contribution in [0.3, 0.4) is 0 Å². The van der Waals surface area contributed by atoms with Crippen LogP contribution in [0.25, 0.3) is 0 Å². The fraction of sp³-hybridized carbons (Fsp3) is 0.882. The monoisotopic (exact) mass is 467 g/mol. The van der Waals surface area contributed by atoms with Gasteiger partial charge in [0.15, 0.2) is 5.96 Å². The highest BCUT2D eigenvalue weighted by molar-refractivity contribution is 14.0. The predicted molar refractivity (Wildman–Crippen MR) is 112 cm³/mol. The van der Waals surface area contributed by atoms with E-state index >= 15 is 0 Å². The van der Waals surface area contributed by atoms with Gasteiger partial charge in [0.2, 0.25) is 5.91 Å². The Morgan fingerprint density at radius 1 is 1.24 bits per heavy atom. The number of carbonyl (C=O) groups is 1. The lowest BCUT2D eigenvalue weighted by Crippen LogP contribution is -2.54. The summed E-state index contributed by atoms with van der Waals surface area (Å²) in [5.74, 6) is 1.84. The van der Waals surface area contributed by atoms with Crippen molar-refractivity contribution >= 4 is 35.8 Å². The lowest BCUT2D eigenvalue weighted by molar-refractivity contribution is -0.123. The molecule has 0 aromatic heterocycles. The number of carbonyl (C=O) groups excluding carboxylic acids is 1. The zero-order valence-corrected chi connectivity index (χ0v) is 18.1. The van der Waals surface area contributed by atoms with Crippen LogP contribution in [0.2, 0.25) is 0 Å². The third kappa shape index (κ3) is 9.05. The SMILES string of the molecule is CN=C(NCCOCC1CC1)N1CCN(CC(=O)NC(C)C)CC1.I. The molecule has 1 saturated heterocycles. The minimum Gasteiger partial charge on any atom is -0.379 e. The first-order chi connectivity index (χ1) is 11.6. The maximum Gasteiger partial charge on any atom is 0.234 e. The van der Waals surface area contributed by atoms with Crippen LogP contribution in [0.1, 0.15) is 26.7 Å². The molecule has 1 aliphatic heterocycles. The number of hydrogen-bond acceptors (Lipinski definition) is 4. The largest absolute Gasteiger partial charge is 0.379 e. The number of ether oxygens (including phenoxy) is 1. The molecule has 0 unspecified atom stereocenters. The van der Waals surface area contributed by atoms with Crippen molar-refractivity contribution in [3.8, 4) is 0 Å². The minimum atomic E-state index is 0. The van der Waals surface area contributed by atoms with Gasteiger partial charge in [0.05, 0.1) is 13.2 Å². The molecule has 2 rings (SSSR count). The van der Waals surface area contributed by atoms with Crippen molar-refractivity contribution in [2.75, 3.05) is 59.5 Å². The lowest BCUT2D eigenvalue weighted by atomic mass is 10.3. The summed E-state index contributed by atoms with van der Waals surface area (Å²) in [6.45, 7) is 10.4. The Balaban J connectivity index is 0.00000312. The molecule has 7 nitrogen and oxygen atoms in total. The molecule has 1 saturated carbocycles. The lowest BCUT2D eigenvalue weighted by Gasteiger charge is -2.36. The molecule has 0 aromatic rings. The Morgan fingerprint density at radius 3 is 2.48 bits per heavy atom. The normalized spacial score (nSPS) is 18.9. The molecule has 25 heavy (non-hydrogen) atoms. The summed E-state index contributed by atoms with van der Waals surface area (Å²) < 4.78 is 5.64. The first-order valence-corrected chi connectivity index (χ1v) is 9.13. The van der Waals surface area contributed by atoms with Crippen molar-refractivity contribution in [2.45, 2.75) is 32.7 Å². The highest BCUT2D eigenvalue weighted by atomic mass is 127. The van der Waals surface area contributed by atoms with E-state index in [9.17, 15) is 4.79 Å². The standard InChI is InChI=1S/C17H33N5O2.HI/c1-14(2)20-16(23)12-21-7-9-22(10-8-21)17(18-3)19-6-11-24-13-15-4-5-15;/h14-15H,4-13H2,1-3H3,(H,18,19)(H,20,23);1H. The van der Waals surface area contributed by atoms with E-state index in [1.807, 2.05) is 20.9 Å². The molecule has 0 spiro atoms. The Bertz CT molecular complexity index is 421. The van der Waals surface area contributed by atoms with Gasteiger partial charge < -0.3 is 20.3 Å². The molecule has 1 amide bonds. The van der Waals surface area contributed by atoms with Gasteiger partial charge in [-0.25, -0.2) is 0 Å². The molecule has 1 aliphatic carbocycles. The number of nitrogens with one attached hydrogen (secondary N) is 2. The van der Waals surface area contributed by atoms with E-state index < -0.39 is 0 Å². The van der Waals surface area contributed by atoms with Crippen LogP contribution in [0.5, 0.6) is 0 Å². The topological polar surface area (TPSA) is 69.2 Å². The molecule has 8 heteroatoms. The van der Waals surface area contributed by atoms with Gasteiger partial charge in [0.1, 0.15) is 0 Å². The smallest absolute Gasteiger partial charge is 0.234 e. The molecule has 0 radical (unpaired) electrons. The number of nitrogens with zero attached hydrogens (tertiary/aromatic N) is 3. The molecule has 2 fully saturated rings. The Kier molecular flexibility index (Phi) is 10.7. The van der Waals surface area contributed by atoms with Crippen LogP contribution in [0, 0.1) is 5.92 Å². The second-order valence-electron chi connectivity index (χ2n) is 6.98. The third-order valence-corrected chi connectivity index (χ3v) is 4.28. The van der Waals surface area contributed by atoms with E-state index in [1.165, 1.54) is 12.8 Å². The molecule has 0 bridgehead atoms. The average Bonchev–Trinajstić information content (AvgIpc) is 3.35. The number of halogens is 1. The minimum absolute atomic E-state index is 0. The number of amides is 1. The van der Waals surface area contributed by atoms with Crippen LogP contribution < -0.4 is 10.6 Å². The van der Waals surface area contributed by atoms with E-state index in [0.29, 0.717) is 6.54 Å². The summed E-state index contributed by atoms with van der Waals surface area (Å²) in [7, 11) is 1.82. The number of rotatable bonds is 8. The van der Waals surface area contributed by atoms with Crippen LogP contribution in [-0.4, -0.2) is 87.2 Å². The number of hydrogen-bond donors (Lipinski definition) is 2. The molecule has 146 valence electrons. The van der Waals surface area contributed by atoms with Crippen molar-refractivity contribution in [1.29, 1.82) is 0 Å². The van der Waals surface area contributed by atoms with Gasteiger partial charge in [-0.05, 0) is 32.6 Å². The summed E-state index contributed by atoms with van der Waals surface area (Å²) in [6, 6.07) is 0.198. The fourth-order valence-electron chi connectivity index (χ4n) is 2.79. The van der Waals surface area contributed by atoms with E-state index in [-0.39, 0.29) is 35.9 Å². The Hall–Kier alpha value is -0.610. The van der Waals surface area contributed by atoms with Gasteiger partial charge in [-0.1, -0.05) is 0 Å². The summed E-state index contributed by atoms with van der Waals surface area (Å²) in [5, 5.41) is 6.31. The van der Waals surface area contributed by atoms with Crippen molar-refractivity contribution in [1.82, 2.24) is 20.4 Å².